The Balaban J connectivity index is 2.01. The summed E-state index contributed by atoms with van der Waals surface area (Å²) < 4.78 is 0.957. The van der Waals surface area contributed by atoms with Crippen LogP contribution in [0.4, 0.5) is 0 Å². The van der Waals surface area contributed by atoms with E-state index in [2.05, 4.69) is 33.2 Å². The van der Waals surface area contributed by atoms with Crippen molar-refractivity contribution in [1.82, 2.24) is 10.2 Å². The zero-order valence-electron chi connectivity index (χ0n) is 9.95. The molecule has 1 unspecified atom stereocenters. The molecule has 2 rings (SSSR count). The number of carbonyl (C=O) groups excluding carboxylic acids is 1. The SMILES string of the molecule is CN1CCNCC1CC(=O)c1cccc(Br)c1. The van der Waals surface area contributed by atoms with E-state index in [1.165, 1.54) is 0 Å². The molecule has 1 atom stereocenters. The van der Waals surface area contributed by atoms with Crippen LogP contribution in [0.15, 0.2) is 28.7 Å². The predicted octanol–water partition coefficient (Wildman–Crippen LogP) is 1.93. The second-order valence-electron chi connectivity index (χ2n) is 4.48. The minimum Gasteiger partial charge on any atom is -0.314 e. The molecule has 1 saturated heterocycles. The van der Waals surface area contributed by atoms with Gasteiger partial charge in [0.2, 0.25) is 0 Å². The lowest BCUT2D eigenvalue weighted by Crippen LogP contribution is -2.49. The number of halogens is 1. The molecule has 1 aliphatic rings. The summed E-state index contributed by atoms with van der Waals surface area (Å²) in [5.41, 5.74) is 0.790. The zero-order valence-corrected chi connectivity index (χ0v) is 11.5. The molecule has 4 heteroatoms. The Morgan fingerprint density at radius 3 is 3.12 bits per heavy atom. The Bertz CT molecular complexity index is 408. The maximum Gasteiger partial charge on any atom is 0.164 e. The van der Waals surface area contributed by atoms with Crippen LogP contribution in [0.2, 0.25) is 0 Å². The molecule has 0 aromatic heterocycles. The monoisotopic (exact) mass is 296 g/mol. The van der Waals surface area contributed by atoms with Crippen LogP contribution in [0.25, 0.3) is 0 Å². The van der Waals surface area contributed by atoms with Gasteiger partial charge in [-0.05, 0) is 19.2 Å². The van der Waals surface area contributed by atoms with E-state index in [4.69, 9.17) is 0 Å². The number of benzene rings is 1. The number of Topliss-reactive ketones (excluding diaryl/α,β-unsaturated/α-hetero) is 1. The van der Waals surface area contributed by atoms with Crippen LogP contribution in [-0.4, -0.2) is 43.4 Å². The van der Waals surface area contributed by atoms with Gasteiger partial charge in [-0.15, -0.1) is 0 Å². The molecular formula is C13H17BrN2O. The smallest absolute Gasteiger partial charge is 0.164 e. The minimum atomic E-state index is 0.215. The molecule has 0 amide bonds. The second kappa shape index (κ2) is 5.76. The van der Waals surface area contributed by atoms with Crippen molar-refractivity contribution in [2.45, 2.75) is 12.5 Å². The lowest BCUT2D eigenvalue weighted by Gasteiger charge is -2.32. The normalized spacial score (nSPS) is 21.4. The number of hydrogen-bond acceptors (Lipinski definition) is 3. The van der Waals surface area contributed by atoms with Gasteiger partial charge in [-0.2, -0.15) is 0 Å². The van der Waals surface area contributed by atoms with Crippen LogP contribution in [0.3, 0.4) is 0 Å². The third kappa shape index (κ3) is 3.37. The first-order chi connectivity index (χ1) is 8.16. The molecule has 92 valence electrons. The molecule has 17 heavy (non-hydrogen) atoms. The standard InChI is InChI=1S/C13H17BrN2O/c1-16-6-5-15-9-12(16)8-13(17)10-3-2-4-11(14)7-10/h2-4,7,12,15H,5-6,8-9H2,1H3. The predicted molar refractivity (Wildman–Crippen MR) is 72.4 cm³/mol. The lowest BCUT2D eigenvalue weighted by molar-refractivity contribution is 0.0917. The largest absolute Gasteiger partial charge is 0.314 e. The number of likely N-dealkylation sites (N-methyl/N-ethyl adjacent to an activating group) is 1. The van der Waals surface area contributed by atoms with Crippen molar-refractivity contribution < 1.29 is 4.79 Å². The Morgan fingerprint density at radius 2 is 2.41 bits per heavy atom. The third-order valence-corrected chi connectivity index (χ3v) is 3.71. The van der Waals surface area contributed by atoms with Crippen molar-refractivity contribution in [2.24, 2.45) is 0 Å². The average molecular weight is 297 g/mol. The van der Waals surface area contributed by atoms with Crippen molar-refractivity contribution in [3.8, 4) is 0 Å². The summed E-state index contributed by atoms with van der Waals surface area (Å²) in [6, 6.07) is 7.92. The Kier molecular flexibility index (Phi) is 4.31. The summed E-state index contributed by atoms with van der Waals surface area (Å²) in [6.07, 6.45) is 0.583. The topological polar surface area (TPSA) is 32.3 Å². The number of nitrogens with one attached hydrogen (secondary N) is 1. The zero-order chi connectivity index (χ0) is 12.3. The van der Waals surface area contributed by atoms with Gasteiger partial charge in [0.1, 0.15) is 0 Å². The fraction of sp³-hybridized carbons (Fsp3) is 0.462. The van der Waals surface area contributed by atoms with E-state index < -0.39 is 0 Å². The van der Waals surface area contributed by atoms with Crippen LogP contribution in [0, 0.1) is 0 Å². The third-order valence-electron chi connectivity index (χ3n) is 3.21. The first-order valence-corrected chi connectivity index (χ1v) is 6.66. The highest BCUT2D eigenvalue weighted by atomic mass is 79.9. The van der Waals surface area contributed by atoms with E-state index in [0.717, 1.165) is 29.7 Å². The number of carbonyl (C=O) groups is 1. The molecule has 1 N–H and O–H groups in total. The second-order valence-corrected chi connectivity index (χ2v) is 5.39. The molecule has 1 aliphatic heterocycles. The molecule has 1 aromatic carbocycles. The van der Waals surface area contributed by atoms with Crippen LogP contribution >= 0.6 is 15.9 Å². The van der Waals surface area contributed by atoms with Crippen molar-refractivity contribution >= 4 is 21.7 Å². The fourth-order valence-corrected chi connectivity index (χ4v) is 2.48. The number of piperazine rings is 1. The maximum atomic E-state index is 12.1. The number of nitrogens with zero attached hydrogens (tertiary/aromatic N) is 1. The van der Waals surface area contributed by atoms with Gasteiger partial charge in [0.25, 0.3) is 0 Å². The molecule has 0 radical (unpaired) electrons. The number of rotatable bonds is 3. The Labute approximate surface area is 110 Å². The summed E-state index contributed by atoms with van der Waals surface area (Å²) in [4.78, 5) is 14.4. The molecular weight excluding hydrogens is 280 g/mol. The molecule has 0 aliphatic carbocycles. The lowest BCUT2D eigenvalue weighted by atomic mass is 10.0. The van der Waals surface area contributed by atoms with E-state index in [0.29, 0.717) is 12.5 Å². The molecule has 1 heterocycles. The minimum absolute atomic E-state index is 0.215. The highest BCUT2D eigenvalue weighted by molar-refractivity contribution is 9.10. The van der Waals surface area contributed by atoms with Crippen LogP contribution in [0.5, 0.6) is 0 Å². The van der Waals surface area contributed by atoms with Gasteiger partial charge >= 0.3 is 0 Å². The first-order valence-electron chi connectivity index (χ1n) is 5.86. The van der Waals surface area contributed by atoms with Crippen molar-refractivity contribution in [1.29, 1.82) is 0 Å². The number of ketones is 1. The van der Waals surface area contributed by atoms with E-state index >= 15 is 0 Å². The van der Waals surface area contributed by atoms with Crippen LogP contribution < -0.4 is 5.32 Å². The van der Waals surface area contributed by atoms with Gasteiger partial charge in [-0.3, -0.25) is 4.79 Å². The van der Waals surface area contributed by atoms with Crippen molar-refractivity contribution in [2.75, 3.05) is 26.7 Å². The van der Waals surface area contributed by atoms with Gasteiger partial charge in [-0.25, -0.2) is 0 Å². The average Bonchev–Trinajstić information content (AvgIpc) is 2.32. The summed E-state index contributed by atoms with van der Waals surface area (Å²) in [5, 5.41) is 3.33. The summed E-state index contributed by atoms with van der Waals surface area (Å²) >= 11 is 3.39. The molecule has 1 aromatic rings. The maximum absolute atomic E-state index is 12.1. The summed E-state index contributed by atoms with van der Waals surface area (Å²) in [7, 11) is 2.08. The van der Waals surface area contributed by atoms with Gasteiger partial charge in [0.05, 0.1) is 0 Å². The Morgan fingerprint density at radius 1 is 1.59 bits per heavy atom. The molecule has 0 spiro atoms. The van der Waals surface area contributed by atoms with Gasteiger partial charge in [0, 0.05) is 42.1 Å². The highest BCUT2D eigenvalue weighted by Gasteiger charge is 2.21. The molecule has 0 bridgehead atoms. The van der Waals surface area contributed by atoms with E-state index in [9.17, 15) is 4.79 Å². The summed E-state index contributed by atoms with van der Waals surface area (Å²) in [6.45, 7) is 2.92. The van der Waals surface area contributed by atoms with Gasteiger partial charge in [0.15, 0.2) is 5.78 Å². The van der Waals surface area contributed by atoms with Crippen LogP contribution in [-0.2, 0) is 0 Å². The van der Waals surface area contributed by atoms with Crippen molar-refractivity contribution in [3.63, 3.8) is 0 Å². The number of hydrogen-bond donors (Lipinski definition) is 1. The van der Waals surface area contributed by atoms with E-state index in [-0.39, 0.29) is 5.78 Å². The van der Waals surface area contributed by atoms with E-state index in [1.54, 1.807) is 0 Å². The highest BCUT2D eigenvalue weighted by Crippen LogP contribution is 2.15. The molecule has 0 saturated carbocycles. The fourth-order valence-electron chi connectivity index (χ4n) is 2.08. The Hall–Kier alpha value is -0.710. The van der Waals surface area contributed by atoms with Crippen molar-refractivity contribution in [3.05, 3.63) is 34.3 Å². The summed E-state index contributed by atoms with van der Waals surface area (Å²) in [5.74, 6) is 0.215. The first kappa shape index (κ1) is 12.7. The van der Waals surface area contributed by atoms with E-state index in [1.807, 2.05) is 24.3 Å². The molecule has 3 nitrogen and oxygen atoms in total. The molecule has 1 fully saturated rings. The van der Waals surface area contributed by atoms with Gasteiger partial charge in [-0.1, -0.05) is 28.1 Å². The quantitative estimate of drug-likeness (QED) is 0.865. The van der Waals surface area contributed by atoms with Gasteiger partial charge < -0.3 is 10.2 Å². The van der Waals surface area contributed by atoms with Crippen LogP contribution in [0.1, 0.15) is 16.8 Å².